The number of fused-ring (bicyclic) bond motifs is 1. The second-order valence-corrected chi connectivity index (χ2v) is 9.91. The Hall–Kier alpha value is -3.35. The standard InChI is InChI=1S/C27H35N5O2/c1-5-8-23-22-15-16-32(19-27(2,3)4)24(22)13-14-25(23)34-18-7-6-17-33-21-11-9-20(10-12-21)26-28-30-31-29-26/h9-16H,5-8,17-19H2,1-4H3,(H,28,29,30,31). The third kappa shape index (κ3) is 5.95. The quantitative estimate of drug-likeness (QED) is 0.275. The van der Waals surface area contributed by atoms with E-state index in [1.165, 1.54) is 16.5 Å². The summed E-state index contributed by atoms with van der Waals surface area (Å²) >= 11 is 0. The van der Waals surface area contributed by atoms with E-state index in [-0.39, 0.29) is 5.41 Å². The zero-order valence-corrected chi connectivity index (χ0v) is 20.7. The molecule has 0 saturated carbocycles. The van der Waals surface area contributed by atoms with Crippen LogP contribution in [0.15, 0.2) is 48.7 Å². The van der Waals surface area contributed by atoms with Crippen LogP contribution in [0.25, 0.3) is 22.3 Å². The molecule has 0 unspecified atom stereocenters. The van der Waals surface area contributed by atoms with Gasteiger partial charge >= 0.3 is 0 Å². The van der Waals surface area contributed by atoms with Crippen LogP contribution in [0.3, 0.4) is 0 Å². The highest BCUT2D eigenvalue weighted by atomic mass is 16.5. The topological polar surface area (TPSA) is 77.8 Å². The molecule has 0 radical (unpaired) electrons. The molecular formula is C27H35N5O2. The van der Waals surface area contributed by atoms with Crippen LogP contribution in [0.4, 0.5) is 0 Å². The van der Waals surface area contributed by atoms with E-state index in [4.69, 9.17) is 9.47 Å². The number of H-pyrrole nitrogens is 1. The molecule has 0 aliphatic rings. The first-order valence-corrected chi connectivity index (χ1v) is 12.1. The second kappa shape index (κ2) is 10.7. The fraction of sp³-hybridized carbons (Fsp3) is 0.444. The van der Waals surface area contributed by atoms with Crippen LogP contribution in [0.5, 0.6) is 11.5 Å². The van der Waals surface area contributed by atoms with E-state index >= 15 is 0 Å². The van der Waals surface area contributed by atoms with Crippen LogP contribution in [-0.4, -0.2) is 38.4 Å². The van der Waals surface area contributed by atoms with Crippen LogP contribution in [-0.2, 0) is 13.0 Å². The predicted octanol–water partition coefficient (Wildman–Crippen LogP) is 6.06. The number of rotatable bonds is 11. The lowest BCUT2D eigenvalue weighted by Gasteiger charge is -2.20. The Morgan fingerprint density at radius 1 is 0.941 bits per heavy atom. The van der Waals surface area contributed by atoms with Crippen LogP contribution in [0.1, 0.15) is 52.5 Å². The molecule has 180 valence electrons. The van der Waals surface area contributed by atoms with Crippen molar-refractivity contribution in [1.82, 2.24) is 25.2 Å². The lowest BCUT2D eigenvalue weighted by atomic mass is 9.97. The third-order valence-corrected chi connectivity index (χ3v) is 5.70. The van der Waals surface area contributed by atoms with Crippen molar-refractivity contribution < 1.29 is 9.47 Å². The summed E-state index contributed by atoms with van der Waals surface area (Å²) in [5.41, 5.74) is 3.79. The number of nitrogens with zero attached hydrogens (tertiary/aromatic N) is 4. The molecule has 2 aromatic carbocycles. The van der Waals surface area contributed by atoms with Gasteiger partial charge in [-0.3, -0.25) is 0 Å². The Morgan fingerprint density at radius 3 is 2.38 bits per heavy atom. The van der Waals surface area contributed by atoms with Gasteiger partial charge in [-0.15, -0.1) is 5.10 Å². The number of ether oxygens (including phenoxy) is 2. The van der Waals surface area contributed by atoms with Crippen molar-refractivity contribution in [2.45, 2.75) is 59.9 Å². The third-order valence-electron chi connectivity index (χ3n) is 5.70. The van der Waals surface area contributed by atoms with E-state index in [1.54, 1.807) is 0 Å². The maximum absolute atomic E-state index is 6.23. The molecule has 0 fully saturated rings. The Labute approximate surface area is 201 Å². The van der Waals surface area contributed by atoms with Crippen LogP contribution in [0.2, 0.25) is 0 Å². The highest BCUT2D eigenvalue weighted by molar-refractivity contribution is 5.86. The average Bonchev–Trinajstić information content (AvgIpc) is 3.48. The van der Waals surface area contributed by atoms with Crippen LogP contribution in [0, 0.1) is 5.41 Å². The number of unbranched alkanes of at least 4 members (excludes halogenated alkanes) is 1. The van der Waals surface area contributed by atoms with E-state index in [9.17, 15) is 0 Å². The zero-order chi connectivity index (χ0) is 24.0. The minimum Gasteiger partial charge on any atom is -0.494 e. The SMILES string of the molecule is CCCc1c(OCCCCOc2ccc(-c3nnn[nH]3)cc2)ccc2c1ccn2CC(C)(C)C. The molecule has 7 nitrogen and oxygen atoms in total. The van der Waals surface area contributed by atoms with Gasteiger partial charge in [0.1, 0.15) is 11.5 Å². The van der Waals surface area contributed by atoms with Gasteiger partial charge in [-0.25, -0.2) is 5.10 Å². The Kier molecular flexibility index (Phi) is 7.50. The molecule has 0 aliphatic heterocycles. The molecule has 2 heterocycles. The minimum absolute atomic E-state index is 0.241. The fourth-order valence-electron chi connectivity index (χ4n) is 4.17. The molecule has 0 atom stereocenters. The van der Waals surface area contributed by atoms with E-state index in [0.29, 0.717) is 19.0 Å². The van der Waals surface area contributed by atoms with E-state index in [1.807, 2.05) is 24.3 Å². The molecular weight excluding hydrogens is 426 g/mol. The highest BCUT2D eigenvalue weighted by Crippen LogP contribution is 2.32. The second-order valence-electron chi connectivity index (χ2n) is 9.91. The number of benzene rings is 2. The van der Waals surface area contributed by atoms with Gasteiger partial charge < -0.3 is 14.0 Å². The van der Waals surface area contributed by atoms with Gasteiger partial charge in [-0.2, -0.15) is 0 Å². The molecule has 1 N–H and O–H groups in total. The summed E-state index contributed by atoms with van der Waals surface area (Å²) in [5, 5.41) is 15.2. The molecule has 0 saturated heterocycles. The normalized spacial score (nSPS) is 11.8. The summed E-state index contributed by atoms with van der Waals surface area (Å²) in [4.78, 5) is 0. The van der Waals surface area contributed by atoms with Gasteiger partial charge in [0.15, 0.2) is 5.82 Å². The van der Waals surface area contributed by atoms with Crippen molar-refractivity contribution in [3.8, 4) is 22.9 Å². The molecule has 0 amide bonds. The van der Waals surface area contributed by atoms with Crippen molar-refractivity contribution in [3.63, 3.8) is 0 Å². The summed E-state index contributed by atoms with van der Waals surface area (Å²) < 4.78 is 14.5. The summed E-state index contributed by atoms with van der Waals surface area (Å²) in [5.74, 6) is 2.50. The Balaban J connectivity index is 1.28. The van der Waals surface area contributed by atoms with Gasteiger partial charge in [-0.1, -0.05) is 34.1 Å². The maximum Gasteiger partial charge on any atom is 0.179 e. The number of aromatic nitrogens is 5. The maximum atomic E-state index is 6.23. The molecule has 4 rings (SSSR count). The van der Waals surface area contributed by atoms with Crippen molar-refractivity contribution >= 4 is 10.9 Å². The highest BCUT2D eigenvalue weighted by Gasteiger charge is 2.16. The lowest BCUT2D eigenvalue weighted by Crippen LogP contribution is -2.14. The Morgan fingerprint density at radius 2 is 1.71 bits per heavy atom. The summed E-state index contributed by atoms with van der Waals surface area (Å²) in [6.07, 6.45) is 6.21. The summed E-state index contributed by atoms with van der Waals surface area (Å²) in [6, 6.07) is 14.4. The van der Waals surface area contributed by atoms with E-state index in [2.05, 4.69) is 77.3 Å². The monoisotopic (exact) mass is 461 g/mol. The van der Waals surface area contributed by atoms with Crippen molar-refractivity contribution in [2.24, 2.45) is 5.41 Å². The number of nitrogens with one attached hydrogen (secondary N) is 1. The van der Waals surface area contributed by atoms with Gasteiger partial charge in [0.05, 0.1) is 13.2 Å². The molecule has 7 heteroatoms. The van der Waals surface area contributed by atoms with Gasteiger partial charge in [-0.05, 0) is 77.6 Å². The number of hydrogen-bond acceptors (Lipinski definition) is 5. The van der Waals surface area contributed by atoms with Gasteiger partial charge in [0.25, 0.3) is 0 Å². The number of aromatic amines is 1. The number of hydrogen-bond donors (Lipinski definition) is 1. The largest absolute Gasteiger partial charge is 0.494 e. The first-order valence-electron chi connectivity index (χ1n) is 12.1. The molecule has 2 aromatic heterocycles. The average molecular weight is 462 g/mol. The first kappa shape index (κ1) is 23.8. The molecule has 34 heavy (non-hydrogen) atoms. The summed E-state index contributed by atoms with van der Waals surface area (Å²) in [7, 11) is 0. The zero-order valence-electron chi connectivity index (χ0n) is 20.7. The number of tetrazole rings is 1. The van der Waals surface area contributed by atoms with E-state index < -0.39 is 0 Å². The van der Waals surface area contributed by atoms with Crippen molar-refractivity contribution in [1.29, 1.82) is 0 Å². The van der Waals surface area contributed by atoms with Gasteiger partial charge in [0.2, 0.25) is 0 Å². The number of aryl methyl sites for hydroxylation is 1. The molecule has 0 bridgehead atoms. The van der Waals surface area contributed by atoms with Crippen molar-refractivity contribution in [2.75, 3.05) is 13.2 Å². The molecule has 0 aliphatic carbocycles. The molecule has 0 spiro atoms. The lowest BCUT2D eigenvalue weighted by molar-refractivity contribution is 0.265. The van der Waals surface area contributed by atoms with E-state index in [0.717, 1.165) is 49.3 Å². The smallest absolute Gasteiger partial charge is 0.179 e. The Bertz CT molecular complexity index is 1170. The minimum atomic E-state index is 0.241. The van der Waals surface area contributed by atoms with Crippen LogP contribution < -0.4 is 9.47 Å². The molecule has 4 aromatic rings. The first-order chi connectivity index (χ1) is 16.4. The van der Waals surface area contributed by atoms with Crippen LogP contribution >= 0.6 is 0 Å². The summed E-state index contributed by atoms with van der Waals surface area (Å²) in [6.45, 7) is 11.4. The van der Waals surface area contributed by atoms with Gasteiger partial charge in [0, 0.05) is 34.8 Å². The van der Waals surface area contributed by atoms with Crippen molar-refractivity contribution in [3.05, 3.63) is 54.2 Å². The predicted molar refractivity (Wildman–Crippen MR) is 135 cm³/mol. The fourth-order valence-corrected chi connectivity index (χ4v) is 4.17.